The third kappa shape index (κ3) is 4.08. The van der Waals surface area contributed by atoms with Crippen LogP contribution in [0.1, 0.15) is 18.3 Å². The summed E-state index contributed by atoms with van der Waals surface area (Å²) in [6, 6.07) is 11.1. The molecule has 3 aromatic rings. The summed E-state index contributed by atoms with van der Waals surface area (Å²) in [6.45, 7) is 1.83. The summed E-state index contributed by atoms with van der Waals surface area (Å²) in [7, 11) is 0. The number of nitrogens with one attached hydrogen (secondary N) is 1. The van der Waals surface area contributed by atoms with Gasteiger partial charge in [0.05, 0.1) is 5.69 Å². The second-order valence-electron chi connectivity index (χ2n) is 5.61. The number of hydrogen-bond donors (Lipinski definition) is 1. The maximum atomic E-state index is 12.8. The SMILES string of the molecule is CSCC[C@H](C(=O)Nc1cccc(-n2nnnc2C)c1)n1cccc1. The van der Waals surface area contributed by atoms with E-state index in [0.717, 1.165) is 23.5 Å². The van der Waals surface area contributed by atoms with E-state index in [1.54, 1.807) is 16.4 Å². The van der Waals surface area contributed by atoms with E-state index in [4.69, 9.17) is 0 Å². The molecule has 2 heterocycles. The van der Waals surface area contributed by atoms with Crippen LogP contribution in [0.25, 0.3) is 5.69 Å². The minimum Gasteiger partial charge on any atom is -0.342 e. The molecule has 0 aliphatic carbocycles. The molecular formula is C17H20N6OS. The molecule has 8 heteroatoms. The van der Waals surface area contributed by atoms with Crippen molar-refractivity contribution in [2.24, 2.45) is 0 Å². The van der Waals surface area contributed by atoms with Gasteiger partial charge in [-0.3, -0.25) is 4.79 Å². The summed E-state index contributed by atoms with van der Waals surface area (Å²) in [5, 5.41) is 14.5. The van der Waals surface area contributed by atoms with Crippen LogP contribution in [0.5, 0.6) is 0 Å². The number of carbonyl (C=O) groups excluding carboxylic acids is 1. The average molecular weight is 356 g/mol. The molecule has 1 amide bonds. The number of amides is 1. The van der Waals surface area contributed by atoms with Crippen LogP contribution in [0.4, 0.5) is 5.69 Å². The highest BCUT2D eigenvalue weighted by Crippen LogP contribution is 2.20. The van der Waals surface area contributed by atoms with Crippen LogP contribution in [-0.4, -0.2) is 42.7 Å². The van der Waals surface area contributed by atoms with Gasteiger partial charge in [-0.15, -0.1) is 5.10 Å². The number of nitrogens with zero attached hydrogens (tertiary/aromatic N) is 5. The number of benzene rings is 1. The third-order valence-electron chi connectivity index (χ3n) is 3.87. The van der Waals surface area contributed by atoms with E-state index in [-0.39, 0.29) is 11.9 Å². The average Bonchev–Trinajstić information content (AvgIpc) is 3.27. The quantitative estimate of drug-likeness (QED) is 0.704. The fourth-order valence-electron chi connectivity index (χ4n) is 2.61. The maximum absolute atomic E-state index is 12.8. The van der Waals surface area contributed by atoms with Crippen molar-refractivity contribution < 1.29 is 4.79 Å². The van der Waals surface area contributed by atoms with E-state index in [0.29, 0.717) is 5.82 Å². The Labute approximate surface area is 150 Å². The fraction of sp³-hybridized carbons (Fsp3) is 0.294. The van der Waals surface area contributed by atoms with Crippen molar-refractivity contribution in [1.82, 2.24) is 24.8 Å². The standard InChI is InChI=1S/C17H20N6OS/c1-13-19-20-21-23(13)15-7-5-6-14(12-15)18-17(24)16(8-11-25-2)22-9-3-4-10-22/h3-7,9-10,12,16H,8,11H2,1-2H3,(H,18,24)/t16-/m1/s1. The van der Waals surface area contributed by atoms with Crippen LogP contribution in [0.2, 0.25) is 0 Å². The molecule has 1 aromatic carbocycles. The number of aromatic nitrogens is 5. The Morgan fingerprint density at radius 1 is 1.28 bits per heavy atom. The number of tetrazole rings is 1. The first kappa shape index (κ1) is 17.2. The predicted molar refractivity (Wildman–Crippen MR) is 99.0 cm³/mol. The van der Waals surface area contributed by atoms with Gasteiger partial charge < -0.3 is 9.88 Å². The van der Waals surface area contributed by atoms with Crippen molar-refractivity contribution in [3.05, 3.63) is 54.6 Å². The molecule has 0 saturated heterocycles. The highest BCUT2D eigenvalue weighted by Gasteiger charge is 2.19. The highest BCUT2D eigenvalue weighted by molar-refractivity contribution is 7.98. The number of rotatable bonds is 7. The van der Waals surface area contributed by atoms with Gasteiger partial charge in [-0.1, -0.05) is 6.07 Å². The summed E-state index contributed by atoms with van der Waals surface area (Å²) in [5.41, 5.74) is 1.53. The lowest BCUT2D eigenvalue weighted by Gasteiger charge is -2.18. The van der Waals surface area contributed by atoms with Gasteiger partial charge in [-0.25, -0.2) is 0 Å². The topological polar surface area (TPSA) is 77.6 Å². The normalized spacial score (nSPS) is 12.1. The fourth-order valence-corrected chi connectivity index (χ4v) is 3.07. The van der Waals surface area contributed by atoms with Crippen LogP contribution in [-0.2, 0) is 4.79 Å². The molecule has 7 nitrogen and oxygen atoms in total. The van der Waals surface area contributed by atoms with Gasteiger partial charge >= 0.3 is 0 Å². The lowest BCUT2D eigenvalue weighted by atomic mass is 10.2. The Morgan fingerprint density at radius 3 is 2.76 bits per heavy atom. The molecule has 0 unspecified atom stereocenters. The molecule has 0 spiro atoms. The van der Waals surface area contributed by atoms with Crippen molar-refractivity contribution in [3.8, 4) is 5.69 Å². The van der Waals surface area contributed by atoms with E-state index in [1.165, 1.54) is 0 Å². The largest absolute Gasteiger partial charge is 0.342 e. The van der Waals surface area contributed by atoms with Gasteiger partial charge in [0.2, 0.25) is 5.91 Å². The van der Waals surface area contributed by atoms with Gasteiger partial charge in [-0.2, -0.15) is 16.4 Å². The molecule has 0 aliphatic heterocycles. The van der Waals surface area contributed by atoms with Crippen molar-refractivity contribution in [1.29, 1.82) is 0 Å². The van der Waals surface area contributed by atoms with Gasteiger partial charge in [0, 0.05) is 18.1 Å². The van der Waals surface area contributed by atoms with Crippen molar-refractivity contribution in [2.75, 3.05) is 17.3 Å². The molecule has 2 aromatic heterocycles. The summed E-state index contributed by atoms with van der Waals surface area (Å²) >= 11 is 1.73. The Kier molecular flexibility index (Phi) is 5.49. The van der Waals surface area contributed by atoms with Crippen LogP contribution in [0, 0.1) is 6.92 Å². The summed E-state index contributed by atoms with van der Waals surface area (Å²) in [5.74, 6) is 1.57. The van der Waals surface area contributed by atoms with Crippen LogP contribution in [0.3, 0.4) is 0 Å². The third-order valence-corrected chi connectivity index (χ3v) is 4.51. The van der Waals surface area contributed by atoms with Gasteiger partial charge in [-0.05, 0) is 66.1 Å². The molecular weight excluding hydrogens is 336 g/mol. The summed E-state index contributed by atoms with van der Waals surface area (Å²) < 4.78 is 3.58. The zero-order chi connectivity index (χ0) is 17.6. The van der Waals surface area contributed by atoms with Gasteiger partial charge in [0.1, 0.15) is 6.04 Å². The van der Waals surface area contributed by atoms with Crippen molar-refractivity contribution in [3.63, 3.8) is 0 Å². The molecule has 3 rings (SSSR count). The first-order valence-electron chi connectivity index (χ1n) is 7.96. The molecule has 0 radical (unpaired) electrons. The molecule has 0 fully saturated rings. The molecule has 0 bridgehead atoms. The van der Waals surface area contributed by atoms with E-state index < -0.39 is 0 Å². The zero-order valence-corrected chi connectivity index (χ0v) is 15.0. The van der Waals surface area contributed by atoms with Crippen LogP contribution >= 0.6 is 11.8 Å². The monoisotopic (exact) mass is 356 g/mol. The number of thioether (sulfide) groups is 1. The van der Waals surface area contributed by atoms with E-state index in [1.807, 2.05) is 66.5 Å². The second kappa shape index (κ2) is 7.98. The van der Waals surface area contributed by atoms with E-state index in [2.05, 4.69) is 20.8 Å². The number of carbonyl (C=O) groups is 1. The molecule has 130 valence electrons. The minimum absolute atomic E-state index is 0.0316. The van der Waals surface area contributed by atoms with Gasteiger partial charge in [0.25, 0.3) is 0 Å². The Balaban J connectivity index is 1.78. The molecule has 0 saturated carbocycles. The summed E-state index contributed by atoms with van der Waals surface area (Å²) in [6.07, 6.45) is 6.66. The van der Waals surface area contributed by atoms with Crippen LogP contribution < -0.4 is 5.32 Å². The number of aryl methyl sites for hydroxylation is 1. The Hall–Kier alpha value is -2.61. The number of hydrogen-bond acceptors (Lipinski definition) is 5. The lowest BCUT2D eigenvalue weighted by molar-refractivity contribution is -0.119. The first-order chi connectivity index (χ1) is 12.2. The van der Waals surface area contributed by atoms with Crippen molar-refractivity contribution in [2.45, 2.75) is 19.4 Å². The van der Waals surface area contributed by atoms with E-state index >= 15 is 0 Å². The predicted octanol–water partition coefficient (Wildman–Crippen LogP) is 2.71. The maximum Gasteiger partial charge on any atom is 0.247 e. The lowest BCUT2D eigenvalue weighted by Crippen LogP contribution is -2.26. The van der Waals surface area contributed by atoms with Crippen LogP contribution in [0.15, 0.2) is 48.8 Å². The van der Waals surface area contributed by atoms with E-state index in [9.17, 15) is 4.79 Å². The Bertz CT molecular complexity index is 829. The molecule has 0 aliphatic rings. The molecule has 25 heavy (non-hydrogen) atoms. The number of anilines is 1. The van der Waals surface area contributed by atoms with Gasteiger partial charge in [0.15, 0.2) is 5.82 Å². The minimum atomic E-state index is -0.235. The highest BCUT2D eigenvalue weighted by atomic mass is 32.2. The molecule has 1 N–H and O–H groups in total. The Morgan fingerprint density at radius 2 is 2.08 bits per heavy atom. The first-order valence-corrected chi connectivity index (χ1v) is 9.36. The summed E-state index contributed by atoms with van der Waals surface area (Å²) in [4.78, 5) is 12.8. The van der Waals surface area contributed by atoms with Crippen molar-refractivity contribution >= 4 is 23.4 Å². The zero-order valence-electron chi connectivity index (χ0n) is 14.2. The smallest absolute Gasteiger partial charge is 0.247 e. The molecule has 1 atom stereocenters. The second-order valence-corrected chi connectivity index (χ2v) is 6.59.